The van der Waals surface area contributed by atoms with Crippen LogP contribution in [0.5, 0.6) is 0 Å². The Bertz CT molecular complexity index is 638. The standard InChI is InChI=1S/C13H11F4N3/c1-7-6-19-12(18-2)20-11(7)8-3-4-10(14)9(5-8)13(15,16)17/h3-6H,1-2H3,(H,18,19,20). The minimum atomic E-state index is -4.74. The van der Waals surface area contributed by atoms with Crippen LogP contribution in [-0.4, -0.2) is 17.0 Å². The Hall–Kier alpha value is -2.18. The molecule has 0 aliphatic rings. The van der Waals surface area contributed by atoms with E-state index in [-0.39, 0.29) is 11.5 Å². The predicted octanol–water partition coefficient (Wildman–Crippen LogP) is 3.65. The molecule has 0 aliphatic heterocycles. The predicted molar refractivity (Wildman–Crippen MR) is 66.7 cm³/mol. The summed E-state index contributed by atoms with van der Waals surface area (Å²) in [6.45, 7) is 1.67. The van der Waals surface area contributed by atoms with Crippen molar-refractivity contribution in [1.82, 2.24) is 9.97 Å². The van der Waals surface area contributed by atoms with Gasteiger partial charge < -0.3 is 5.32 Å². The monoisotopic (exact) mass is 285 g/mol. The number of nitrogens with one attached hydrogen (secondary N) is 1. The number of hydrogen-bond donors (Lipinski definition) is 1. The summed E-state index contributed by atoms with van der Waals surface area (Å²) in [5, 5.41) is 2.70. The number of hydrogen-bond acceptors (Lipinski definition) is 3. The van der Waals surface area contributed by atoms with Gasteiger partial charge in [-0.1, -0.05) is 0 Å². The zero-order valence-electron chi connectivity index (χ0n) is 10.7. The highest BCUT2D eigenvalue weighted by Gasteiger charge is 2.34. The molecule has 0 aliphatic carbocycles. The largest absolute Gasteiger partial charge is 0.419 e. The van der Waals surface area contributed by atoms with E-state index in [2.05, 4.69) is 15.3 Å². The van der Waals surface area contributed by atoms with Crippen molar-refractivity contribution in [3.8, 4) is 11.3 Å². The van der Waals surface area contributed by atoms with Gasteiger partial charge in [0.2, 0.25) is 5.95 Å². The number of benzene rings is 1. The first-order valence-corrected chi connectivity index (χ1v) is 5.71. The number of aromatic nitrogens is 2. The fourth-order valence-electron chi connectivity index (χ4n) is 1.74. The average molecular weight is 285 g/mol. The summed E-state index contributed by atoms with van der Waals surface area (Å²) >= 11 is 0. The zero-order valence-corrected chi connectivity index (χ0v) is 10.7. The molecule has 0 radical (unpaired) electrons. The van der Waals surface area contributed by atoms with E-state index in [1.165, 1.54) is 12.3 Å². The van der Waals surface area contributed by atoms with Gasteiger partial charge in [0.25, 0.3) is 0 Å². The van der Waals surface area contributed by atoms with Gasteiger partial charge >= 0.3 is 6.18 Å². The first-order chi connectivity index (χ1) is 9.32. The van der Waals surface area contributed by atoms with E-state index < -0.39 is 17.6 Å². The third kappa shape index (κ3) is 2.71. The van der Waals surface area contributed by atoms with Gasteiger partial charge in [0, 0.05) is 18.8 Å². The second kappa shape index (κ2) is 5.07. The van der Waals surface area contributed by atoms with Crippen molar-refractivity contribution in [3.05, 3.63) is 41.3 Å². The molecule has 1 heterocycles. The molecule has 0 fully saturated rings. The van der Waals surface area contributed by atoms with Gasteiger partial charge in [0.05, 0.1) is 11.3 Å². The maximum Gasteiger partial charge on any atom is 0.419 e. The maximum absolute atomic E-state index is 13.3. The van der Waals surface area contributed by atoms with Crippen LogP contribution in [0.2, 0.25) is 0 Å². The Kier molecular flexibility index (Phi) is 3.61. The van der Waals surface area contributed by atoms with Crippen molar-refractivity contribution in [2.24, 2.45) is 0 Å². The highest BCUT2D eigenvalue weighted by Crippen LogP contribution is 2.34. The van der Waals surface area contributed by atoms with Crippen LogP contribution in [0.15, 0.2) is 24.4 Å². The third-order valence-corrected chi connectivity index (χ3v) is 2.74. The normalized spacial score (nSPS) is 11.5. The molecule has 1 aromatic heterocycles. The SMILES string of the molecule is CNc1ncc(C)c(-c2ccc(F)c(C(F)(F)F)c2)n1. The Balaban J connectivity index is 2.59. The molecular weight excluding hydrogens is 274 g/mol. The van der Waals surface area contributed by atoms with E-state index in [1.807, 2.05) is 0 Å². The highest BCUT2D eigenvalue weighted by atomic mass is 19.4. The summed E-state index contributed by atoms with van der Waals surface area (Å²) in [5.41, 5.74) is -0.187. The van der Waals surface area contributed by atoms with Gasteiger partial charge in [-0.25, -0.2) is 14.4 Å². The summed E-state index contributed by atoms with van der Waals surface area (Å²) in [7, 11) is 1.60. The molecule has 0 saturated heterocycles. The van der Waals surface area contributed by atoms with E-state index in [0.717, 1.165) is 12.1 Å². The maximum atomic E-state index is 13.3. The van der Waals surface area contributed by atoms with Crippen molar-refractivity contribution in [1.29, 1.82) is 0 Å². The van der Waals surface area contributed by atoms with Gasteiger partial charge in [0.1, 0.15) is 5.82 Å². The molecule has 1 N–H and O–H groups in total. The first-order valence-electron chi connectivity index (χ1n) is 5.71. The van der Waals surface area contributed by atoms with Crippen molar-refractivity contribution in [2.75, 3.05) is 12.4 Å². The van der Waals surface area contributed by atoms with Gasteiger partial charge in [-0.05, 0) is 30.7 Å². The summed E-state index contributed by atoms with van der Waals surface area (Å²) < 4.78 is 51.4. The second-order valence-electron chi connectivity index (χ2n) is 4.17. The number of rotatable bonds is 2. The third-order valence-electron chi connectivity index (χ3n) is 2.74. The molecule has 7 heteroatoms. The molecule has 1 aromatic carbocycles. The average Bonchev–Trinajstić information content (AvgIpc) is 2.39. The zero-order chi connectivity index (χ0) is 14.9. The lowest BCUT2D eigenvalue weighted by molar-refractivity contribution is -0.139. The lowest BCUT2D eigenvalue weighted by atomic mass is 10.0. The number of anilines is 1. The second-order valence-corrected chi connectivity index (χ2v) is 4.17. The Labute approximate surface area is 112 Å². The first kappa shape index (κ1) is 14.2. The molecule has 106 valence electrons. The van der Waals surface area contributed by atoms with Crippen LogP contribution in [0.25, 0.3) is 11.3 Å². The molecule has 2 rings (SSSR count). The van der Waals surface area contributed by atoms with Crippen LogP contribution < -0.4 is 5.32 Å². The minimum absolute atomic E-state index is 0.190. The number of nitrogens with zero attached hydrogens (tertiary/aromatic N) is 2. The molecule has 2 aromatic rings. The molecule has 0 atom stereocenters. The van der Waals surface area contributed by atoms with Gasteiger partial charge in [-0.2, -0.15) is 13.2 Å². The topological polar surface area (TPSA) is 37.8 Å². The van der Waals surface area contributed by atoms with E-state index in [4.69, 9.17) is 0 Å². The van der Waals surface area contributed by atoms with Crippen LogP contribution in [0.3, 0.4) is 0 Å². The van der Waals surface area contributed by atoms with Gasteiger partial charge in [-0.3, -0.25) is 0 Å². The van der Waals surface area contributed by atoms with Crippen molar-refractivity contribution in [2.45, 2.75) is 13.1 Å². The molecule has 0 spiro atoms. The molecule has 20 heavy (non-hydrogen) atoms. The fourth-order valence-corrected chi connectivity index (χ4v) is 1.74. The number of halogens is 4. The molecular formula is C13H11F4N3. The fraction of sp³-hybridized carbons (Fsp3) is 0.231. The summed E-state index contributed by atoms with van der Waals surface area (Å²) in [6.07, 6.45) is -3.25. The lowest BCUT2D eigenvalue weighted by Crippen LogP contribution is -2.08. The minimum Gasteiger partial charge on any atom is -0.357 e. The summed E-state index contributed by atoms with van der Waals surface area (Å²) in [6, 6.07) is 2.81. The number of alkyl halides is 3. The Morgan fingerprint density at radius 3 is 2.50 bits per heavy atom. The van der Waals surface area contributed by atoms with Gasteiger partial charge in [0.15, 0.2) is 0 Å². The van der Waals surface area contributed by atoms with E-state index in [9.17, 15) is 17.6 Å². The lowest BCUT2D eigenvalue weighted by Gasteiger charge is -2.11. The molecule has 3 nitrogen and oxygen atoms in total. The molecule has 0 bridgehead atoms. The molecule has 0 saturated carbocycles. The Morgan fingerprint density at radius 2 is 1.90 bits per heavy atom. The van der Waals surface area contributed by atoms with Crippen molar-refractivity contribution >= 4 is 5.95 Å². The van der Waals surface area contributed by atoms with Crippen molar-refractivity contribution in [3.63, 3.8) is 0 Å². The van der Waals surface area contributed by atoms with Crippen molar-refractivity contribution < 1.29 is 17.6 Å². The highest BCUT2D eigenvalue weighted by molar-refractivity contribution is 5.64. The van der Waals surface area contributed by atoms with E-state index in [0.29, 0.717) is 11.3 Å². The summed E-state index contributed by atoms with van der Waals surface area (Å²) in [5.74, 6) is -1.02. The van der Waals surface area contributed by atoms with E-state index in [1.54, 1.807) is 14.0 Å². The smallest absolute Gasteiger partial charge is 0.357 e. The quantitative estimate of drug-likeness (QED) is 0.856. The van der Waals surface area contributed by atoms with Crippen LogP contribution in [0, 0.1) is 12.7 Å². The van der Waals surface area contributed by atoms with Crippen LogP contribution in [0.1, 0.15) is 11.1 Å². The van der Waals surface area contributed by atoms with Crippen LogP contribution in [-0.2, 0) is 6.18 Å². The summed E-state index contributed by atoms with van der Waals surface area (Å²) in [4.78, 5) is 8.05. The van der Waals surface area contributed by atoms with Gasteiger partial charge in [-0.15, -0.1) is 0 Å². The molecule has 0 unspecified atom stereocenters. The van der Waals surface area contributed by atoms with Crippen LogP contribution >= 0.6 is 0 Å². The molecule has 0 amide bonds. The number of aryl methyl sites for hydroxylation is 1. The van der Waals surface area contributed by atoms with Crippen LogP contribution in [0.4, 0.5) is 23.5 Å². The van der Waals surface area contributed by atoms with E-state index >= 15 is 0 Å². The Morgan fingerprint density at radius 1 is 1.20 bits per heavy atom.